The van der Waals surface area contributed by atoms with Crippen LogP contribution in [0.25, 0.3) is 0 Å². The lowest BCUT2D eigenvalue weighted by atomic mass is 10.0. The van der Waals surface area contributed by atoms with Crippen LogP contribution < -0.4 is 0 Å². The summed E-state index contributed by atoms with van der Waals surface area (Å²) in [6.07, 6.45) is 6.49. The molecule has 0 radical (unpaired) electrons. The summed E-state index contributed by atoms with van der Waals surface area (Å²) in [5.74, 6) is 0. The largest absolute Gasteiger partial charge is 0.274 e. The molecule has 0 saturated carbocycles. The lowest BCUT2D eigenvalue weighted by molar-refractivity contribution is 0.286. The third-order valence-corrected chi connectivity index (χ3v) is 5.82. The number of nitrogens with zero attached hydrogens (tertiary/aromatic N) is 3. The quantitative estimate of drug-likeness (QED) is 0.759. The average Bonchev–Trinajstić information content (AvgIpc) is 2.83. The fourth-order valence-electron chi connectivity index (χ4n) is 3.12. The van der Waals surface area contributed by atoms with Gasteiger partial charge in [0.05, 0.1) is 6.20 Å². The van der Waals surface area contributed by atoms with E-state index in [4.69, 9.17) is 0 Å². The first-order chi connectivity index (χ1) is 8.48. The lowest BCUT2D eigenvalue weighted by Gasteiger charge is -2.34. The van der Waals surface area contributed by atoms with Crippen molar-refractivity contribution in [2.45, 2.75) is 42.7 Å². The SMILES string of the molecule is C=C1CC2CCC(C1)N2S(=O)(=O)c1cnn(C)c1. The fraction of sp³-hybridized carbons (Fsp3) is 0.583. The highest BCUT2D eigenvalue weighted by Crippen LogP contribution is 2.41. The number of aromatic nitrogens is 2. The van der Waals surface area contributed by atoms with E-state index in [-0.39, 0.29) is 12.1 Å². The molecule has 98 valence electrons. The molecule has 2 atom stereocenters. The predicted octanol–water partition coefficient (Wildman–Crippen LogP) is 1.29. The smallest absolute Gasteiger partial charge is 0.246 e. The van der Waals surface area contributed by atoms with Crippen molar-refractivity contribution in [3.63, 3.8) is 0 Å². The Morgan fingerprint density at radius 3 is 2.44 bits per heavy atom. The highest BCUT2D eigenvalue weighted by atomic mass is 32.2. The van der Waals surface area contributed by atoms with Crippen molar-refractivity contribution in [2.24, 2.45) is 7.05 Å². The molecule has 2 saturated heterocycles. The van der Waals surface area contributed by atoms with Crippen LogP contribution in [0.5, 0.6) is 0 Å². The highest BCUT2D eigenvalue weighted by Gasteiger charge is 2.45. The van der Waals surface area contributed by atoms with Gasteiger partial charge < -0.3 is 0 Å². The number of hydrogen-bond donors (Lipinski definition) is 0. The van der Waals surface area contributed by atoms with E-state index >= 15 is 0 Å². The molecule has 0 aliphatic carbocycles. The van der Waals surface area contributed by atoms with Crippen molar-refractivity contribution in [2.75, 3.05) is 0 Å². The number of aryl methyl sites for hydroxylation is 1. The molecule has 3 heterocycles. The second-order valence-corrected chi connectivity index (χ2v) is 7.07. The van der Waals surface area contributed by atoms with Gasteiger partial charge in [-0.05, 0) is 25.7 Å². The summed E-state index contributed by atoms with van der Waals surface area (Å²) < 4.78 is 28.4. The number of sulfonamides is 1. The van der Waals surface area contributed by atoms with Crippen LogP contribution in [0, 0.1) is 0 Å². The summed E-state index contributed by atoms with van der Waals surface area (Å²) in [5, 5.41) is 3.96. The van der Waals surface area contributed by atoms with Crippen molar-refractivity contribution in [1.29, 1.82) is 0 Å². The van der Waals surface area contributed by atoms with Gasteiger partial charge in [-0.15, -0.1) is 0 Å². The van der Waals surface area contributed by atoms with Crippen LogP contribution in [0.3, 0.4) is 0 Å². The monoisotopic (exact) mass is 267 g/mol. The summed E-state index contributed by atoms with van der Waals surface area (Å²) in [5.41, 5.74) is 1.18. The maximum absolute atomic E-state index is 12.6. The first-order valence-electron chi connectivity index (χ1n) is 6.17. The molecule has 5 nitrogen and oxygen atoms in total. The van der Waals surface area contributed by atoms with Gasteiger partial charge in [0.1, 0.15) is 4.90 Å². The van der Waals surface area contributed by atoms with Crippen LogP contribution in [0.4, 0.5) is 0 Å². The first kappa shape index (κ1) is 11.9. The Bertz CT molecular complexity index is 574. The molecule has 1 aromatic heterocycles. The topological polar surface area (TPSA) is 55.2 Å². The van der Waals surface area contributed by atoms with Crippen LogP contribution in [-0.4, -0.2) is 34.6 Å². The highest BCUT2D eigenvalue weighted by molar-refractivity contribution is 7.89. The molecule has 0 amide bonds. The molecular formula is C12H17N3O2S. The van der Waals surface area contributed by atoms with Gasteiger partial charge in [-0.1, -0.05) is 12.2 Å². The fourth-order valence-corrected chi connectivity index (χ4v) is 4.97. The van der Waals surface area contributed by atoms with E-state index in [0.717, 1.165) is 25.7 Å². The summed E-state index contributed by atoms with van der Waals surface area (Å²) in [7, 11) is -1.66. The zero-order valence-corrected chi connectivity index (χ0v) is 11.2. The van der Waals surface area contributed by atoms with Gasteiger partial charge in [-0.25, -0.2) is 8.42 Å². The van der Waals surface area contributed by atoms with Gasteiger partial charge in [0.15, 0.2) is 0 Å². The van der Waals surface area contributed by atoms with Crippen LogP contribution in [-0.2, 0) is 17.1 Å². The molecule has 0 spiro atoms. The first-order valence-corrected chi connectivity index (χ1v) is 7.61. The van der Waals surface area contributed by atoms with Gasteiger partial charge in [0, 0.05) is 25.3 Å². The van der Waals surface area contributed by atoms with Crippen molar-refractivity contribution in [3.8, 4) is 0 Å². The molecule has 2 unspecified atom stereocenters. The van der Waals surface area contributed by atoms with E-state index in [1.807, 2.05) is 0 Å². The van der Waals surface area contributed by atoms with Crippen molar-refractivity contribution < 1.29 is 8.42 Å². The normalized spacial score (nSPS) is 28.8. The minimum absolute atomic E-state index is 0.0986. The number of rotatable bonds is 2. The molecule has 2 bridgehead atoms. The molecule has 2 aliphatic rings. The Balaban J connectivity index is 1.98. The Hall–Kier alpha value is -1.14. The Morgan fingerprint density at radius 1 is 1.33 bits per heavy atom. The van der Waals surface area contributed by atoms with Gasteiger partial charge in [-0.3, -0.25) is 4.68 Å². The van der Waals surface area contributed by atoms with Crippen LogP contribution >= 0.6 is 0 Å². The maximum atomic E-state index is 12.6. The average molecular weight is 267 g/mol. The van der Waals surface area contributed by atoms with E-state index in [1.165, 1.54) is 16.5 Å². The number of piperidine rings is 1. The van der Waals surface area contributed by atoms with Gasteiger partial charge >= 0.3 is 0 Å². The molecule has 2 aliphatic heterocycles. The maximum Gasteiger partial charge on any atom is 0.246 e. The van der Waals surface area contributed by atoms with Gasteiger partial charge in [-0.2, -0.15) is 9.40 Å². The predicted molar refractivity (Wildman–Crippen MR) is 67.4 cm³/mol. The van der Waals surface area contributed by atoms with Gasteiger partial charge in [0.2, 0.25) is 10.0 Å². The Kier molecular flexibility index (Phi) is 2.60. The molecule has 2 fully saturated rings. The standard InChI is InChI=1S/C12H17N3O2S/c1-9-5-10-3-4-11(6-9)15(10)18(16,17)12-7-13-14(2)8-12/h7-8,10-11H,1,3-6H2,2H3. The molecular weight excluding hydrogens is 250 g/mol. The molecule has 3 rings (SSSR count). The Labute approximate surface area is 107 Å². The third-order valence-electron chi connectivity index (χ3n) is 3.86. The molecule has 6 heteroatoms. The second-order valence-electron chi connectivity index (χ2n) is 5.23. The Morgan fingerprint density at radius 2 is 1.94 bits per heavy atom. The van der Waals surface area contributed by atoms with Crippen LogP contribution in [0.2, 0.25) is 0 Å². The van der Waals surface area contributed by atoms with E-state index in [9.17, 15) is 8.42 Å². The zero-order valence-electron chi connectivity index (χ0n) is 10.4. The molecule has 1 aromatic rings. The second kappa shape index (κ2) is 3.93. The van der Waals surface area contributed by atoms with Crippen molar-refractivity contribution in [1.82, 2.24) is 14.1 Å². The summed E-state index contributed by atoms with van der Waals surface area (Å²) in [6.45, 7) is 4.01. The summed E-state index contributed by atoms with van der Waals surface area (Å²) in [4.78, 5) is 0.300. The minimum atomic E-state index is -3.39. The number of hydrogen-bond acceptors (Lipinski definition) is 3. The van der Waals surface area contributed by atoms with E-state index in [2.05, 4.69) is 11.7 Å². The van der Waals surface area contributed by atoms with Crippen molar-refractivity contribution >= 4 is 10.0 Å². The van der Waals surface area contributed by atoms with E-state index in [1.54, 1.807) is 17.5 Å². The molecule has 0 N–H and O–H groups in total. The van der Waals surface area contributed by atoms with E-state index < -0.39 is 10.0 Å². The minimum Gasteiger partial charge on any atom is -0.274 e. The third kappa shape index (κ3) is 1.71. The van der Waals surface area contributed by atoms with Crippen LogP contribution in [0.15, 0.2) is 29.4 Å². The summed E-state index contributed by atoms with van der Waals surface area (Å²) >= 11 is 0. The van der Waals surface area contributed by atoms with Gasteiger partial charge in [0.25, 0.3) is 0 Å². The van der Waals surface area contributed by atoms with E-state index in [0.29, 0.717) is 4.90 Å². The summed E-state index contributed by atoms with van der Waals surface area (Å²) in [6, 6.07) is 0.197. The molecule has 18 heavy (non-hydrogen) atoms. The zero-order chi connectivity index (χ0) is 12.9. The van der Waals surface area contributed by atoms with Crippen molar-refractivity contribution in [3.05, 3.63) is 24.5 Å². The molecule has 0 aromatic carbocycles. The number of fused-ring (bicyclic) bond motifs is 2. The van der Waals surface area contributed by atoms with Crippen LogP contribution in [0.1, 0.15) is 25.7 Å². The lowest BCUT2D eigenvalue weighted by Crippen LogP contribution is -2.44.